The fourth-order valence-corrected chi connectivity index (χ4v) is 1.55. The third-order valence-electron chi connectivity index (χ3n) is 2.86. The molecular formula is C13H24N4O. The van der Waals surface area contributed by atoms with E-state index in [9.17, 15) is 0 Å². The van der Waals surface area contributed by atoms with Crippen LogP contribution < -0.4 is 11.1 Å². The Morgan fingerprint density at radius 3 is 2.50 bits per heavy atom. The van der Waals surface area contributed by atoms with Crippen LogP contribution in [0.1, 0.15) is 44.5 Å². The van der Waals surface area contributed by atoms with Crippen LogP contribution in [0.2, 0.25) is 0 Å². The molecule has 0 aromatic carbocycles. The molecule has 0 aliphatic rings. The second-order valence-electron chi connectivity index (χ2n) is 4.92. The molecule has 0 fully saturated rings. The van der Waals surface area contributed by atoms with Crippen LogP contribution in [0, 0.1) is 6.92 Å². The summed E-state index contributed by atoms with van der Waals surface area (Å²) >= 11 is 0. The molecule has 18 heavy (non-hydrogen) atoms. The summed E-state index contributed by atoms with van der Waals surface area (Å²) in [7, 11) is 1.71. The van der Waals surface area contributed by atoms with Crippen molar-refractivity contribution >= 4 is 11.6 Å². The summed E-state index contributed by atoms with van der Waals surface area (Å²) in [4.78, 5) is 8.84. The summed E-state index contributed by atoms with van der Waals surface area (Å²) < 4.78 is 5.07. The Bertz CT molecular complexity index is 393. The van der Waals surface area contributed by atoms with E-state index in [0.717, 1.165) is 30.2 Å². The molecular weight excluding hydrogens is 228 g/mol. The van der Waals surface area contributed by atoms with Crippen molar-refractivity contribution in [2.75, 3.05) is 24.8 Å². The second kappa shape index (κ2) is 6.54. The minimum atomic E-state index is 0.266. The van der Waals surface area contributed by atoms with Crippen LogP contribution in [0.4, 0.5) is 11.6 Å². The van der Waals surface area contributed by atoms with Gasteiger partial charge < -0.3 is 15.8 Å². The van der Waals surface area contributed by atoms with E-state index in [0.29, 0.717) is 5.82 Å². The predicted molar refractivity (Wildman–Crippen MR) is 74.8 cm³/mol. The van der Waals surface area contributed by atoms with Gasteiger partial charge in [-0.3, -0.25) is 0 Å². The summed E-state index contributed by atoms with van der Waals surface area (Å²) in [6, 6.07) is 0.290. The number of hydrogen-bond acceptors (Lipinski definition) is 5. The summed E-state index contributed by atoms with van der Waals surface area (Å²) in [5, 5.41) is 3.37. The number of nitrogens with one attached hydrogen (secondary N) is 1. The average molecular weight is 252 g/mol. The monoisotopic (exact) mass is 252 g/mol. The van der Waals surface area contributed by atoms with Crippen LogP contribution in [0.3, 0.4) is 0 Å². The summed E-state index contributed by atoms with van der Waals surface area (Å²) in [6.45, 7) is 8.88. The zero-order valence-electron chi connectivity index (χ0n) is 11.9. The lowest BCUT2D eigenvalue weighted by Gasteiger charge is -2.18. The number of rotatable bonds is 6. The lowest BCUT2D eigenvalue weighted by molar-refractivity contribution is 0.191. The van der Waals surface area contributed by atoms with Crippen LogP contribution in [-0.2, 0) is 4.74 Å². The van der Waals surface area contributed by atoms with Gasteiger partial charge >= 0.3 is 0 Å². The fraction of sp³-hybridized carbons (Fsp3) is 0.692. The maximum absolute atomic E-state index is 5.92. The van der Waals surface area contributed by atoms with Crippen LogP contribution in [-0.4, -0.2) is 29.7 Å². The van der Waals surface area contributed by atoms with E-state index in [1.165, 1.54) is 0 Å². The molecule has 1 atom stereocenters. The number of hydrogen-bond donors (Lipinski definition) is 2. The zero-order chi connectivity index (χ0) is 13.7. The van der Waals surface area contributed by atoms with Gasteiger partial charge in [-0.2, -0.15) is 0 Å². The van der Waals surface area contributed by atoms with Gasteiger partial charge in [-0.1, -0.05) is 13.8 Å². The first-order chi connectivity index (χ1) is 8.45. The van der Waals surface area contributed by atoms with E-state index in [1.54, 1.807) is 7.11 Å². The second-order valence-corrected chi connectivity index (χ2v) is 4.92. The van der Waals surface area contributed by atoms with Crippen molar-refractivity contribution in [3.05, 3.63) is 11.4 Å². The predicted octanol–water partition coefficient (Wildman–Crippen LogP) is 2.33. The number of aromatic nitrogens is 2. The topological polar surface area (TPSA) is 73.1 Å². The molecule has 0 aliphatic heterocycles. The highest BCUT2D eigenvalue weighted by molar-refractivity contribution is 5.55. The van der Waals surface area contributed by atoms with Crippen LogP contribution in [0.25, 0.3) is 0 Å². The Morgan fingerprint density at radius 2 is 1.94 bits per heavy atom. The molecule has 0 saturated carbocycles. The fourth-order valence-electron chi connectivity index (χ4n) is 1.55. The van der Waals surface area contributed by atoms with Gasteiger partial charge in [-0.05, 0) is 20.3 Å². The average Bonchev–Trinajstić information content (AvgIpc) is 2.31. The smallest absolute Gasteiger partial charge is 0.135 e. The number of nitrogens with two attached hydrogens (primary N) is 1. The van der Waals surface area contributed by atoms with Gasteiger partial charge in [0.25, 0.3) is 0 Å². The SMILES string of the molecule is COCCC(C)Nc1nc(C(C)C)nc(N)c1C. The Kier molecular flexibility index (Phi) is 5.34. The highest BCUT2D eigenvalue weighted by Gasteiger charge is 2.12. The van der Waals surface area contributed by atoms with Gasteiger partial charge in [0.1, 0.15) is 17.5 Å². The molecule has 1 aromatic rings. The number of nitrogen functional groups attached to an aromatic ring is 1. The molecule has 0 aliphatic carbocycles. The van der Waals surface area contributed by atoms with Gasteiger partial charge in [0.15, 0.2) is 0 Å². The lowest BCUT2D eigenvalue weighted by Crippen LogP contribution is -2.20. The Labute approximate surface area is 109 Å². The Hall–Kier alpha value is -1.36. The van der Waals surface area contributed by atoms with E-state index in [2.05, 4.69) is 36.1 Å². The normalized spacial score (nSPS) is 12.8. The molecule has 5 nitrogen and oxygen atoms in total. The molecule has 0 saturated heterocycles. The lowest BCUT2D eigenvalue weighted by atomic mass is 10.2. The molecule has 5 heteroatoms. The molecule has 0 spiro atoms. The quantitative estimate of drug-likeness (QED) is 0.813. The maximum atomic E-state index is 5.92. The highest BCUT2D eigenvalue weighted by Crippen LogP contribution is 2.21. The van der Waals surface area contributed by atoms with Crippen molar-refractivity contribution in [2.45, 2.75) is 46.1 Å². The number of methoxy groups -OCH3 is 1. The first-order valence-electron chi connectivity index (χ1n) is 6.35. The molecule has 102 valence electrons. The van der Waals surface area contributed by atoms with E-state index in [1.807, 2.05) is 6.92 Å². The summed E-state index contributed by atoms with van der Waals surface area (Å²) in [5.74, 6) is 2.42. The first kappa shape index (κ1) is 14.7. The van der Waals surface area contributed by atoms with E-state index in [4.69, 9.17) is 10.5 Å². The highest BCUT2D eigenvalue weighted by atomic mass is 16.5. The molecule has 1 heterocycles. The minimum Gasteiger partial charge on any atom is -0.385 e. The zero-order valence-corrected chi connectivity index (χ0v) is 11.9. The molecule has 0 bridgehead atoms. The van der Waals surface area contributed by atoms with Crippen molar-refractivity contribution in [1.82, 2.24) is 9.97 Å². The molecule has 1 aromatic heterocycles. The number of nitrogens with zero attached hydrogens (tertiary/aromatic N) is 2. The van der Waals surface area contributed by atoms with Crippen LogP contribution >= 0.6 is 0 Å². The van der Waals surface area contributed by atoms with Crippen LogP contribution in [0.15, 0.2) is 0 Å². The van der Waals surface area contributed by atoms with E-state index < -0.39 is 0 Å². The van der Waals surface area contributed by atoms with Gasteiger partial charge in [0.05, 0.1) is 0 Å². The summed E-state index contributed by atoms with van der Waals surface area (Å²) in [5.41, 5.74) is 6.83. The first-order valence-corrected chi connectivity index (χ1v) is 6.35. The molecule has 0 amide bonds. The van der Waals surface area contributed by atoms with Crippen molar-refractivity contribution < 1.29 is 4.74 Å². The van der Waals surface area contributed by atoms with Gasteiger partial charge in [-0.25, -0.2) is 9.97 Å². The maximum Gasteiger partial charge on any atom is 0.135 e. The largest absolute Gasteiger partial charge is 0.385 e. The number of anilines is 2. The molecule has 0 radical (unpaired) electrons. The standard InChI is InChI=1S/C13H24N4O/c1-8(2)12-16-11(14)10(4)13(17-12)15-9(3)6-7-18-5/h8-9H,6-7H2,1-5H3,(H3,14,15,16,17). The van der Waals surface area contributed by atoms with E-state index in [-0.39, 0.29) is 12.0 Å². The Morgan fingerprint density at radius 1 is 1.28 bits per heavy atom. The third-order valence-corrected chi connectivity index (χ3v) is 2.86. The van der Waals surface area contributed by atoms with Gasteiger partial charge in [0, 0.05) is 31.2 Å². The van der Waals surface area contributed by atoms with Gasteiger partial charge in [0.2, 0.25) is 0 Å². The number of ether oxygens (including phenoxy) is 1. The van der Waals surface area contributed by atoms with Crippen molar-refractivity contribution in [2.24, 2.45) is 0 Å². The van der Waals surface area contributed by atoms with Crippen molar-refractivity contribution in [1.29, 1.82) is 0 Å². The molecule has 1 unspecified atom stereocenters. The van der Waals surface area contributed by atoms with Crippen LogP contribution in [0.5, 0.6) is 0 Å². The molecule has 1 rings (SSSR count). The van der Waals surface area contributed by atoms with Crippen molar-refractivity contribution in [3.63, 3.8) is 0 Å². The van der Waals surface area contributed by atoms with Crippen molar-refractivity contribution in [3.8, 4) is 0 Å². The minimum absolute atomic E-state index is 0.266. The Balaban J connectivity index is 2.86. The third kappa shape index (κ3) is 3.84. The van der Waals surface area contributed by atoms with Gasteiger partial charge in [-0.15, -0.1) is 0 Å². The summed E-state index contributed by atoms with van der Waals surface area (Å²) in [6.07, 6.45) is 0.927. The molecule has 3 N–H and O–H groups in total. The van der Waals surface area contributed by atoms with E-state index >= 15 is 0 Å².